The summed E-state index contributed by atoms with van der Waals surface area (Å²) in [6.07, 6.45) is 7.72. The van der Waals surface area contributed by atoms with E-state index in [9.17, 15) is 0 Å². The molecule has 3 N–H and O–H groups in total. The zero-order valence-electron chi connectivity index (χ0n) is 12.2. The van der Waals surface area contributed by atoms with Gasteiger partial charge < -0.3 is 10.7 Å². The van der Waals surface area contributed by atoms with Gasteiger partial charge in [0, 0.05) is 18.3 Å². The first-order valence-electron chi connectivity index (χ1n) is 7.50. The molecule has 0 amide bonds. The molecule has 0 radical (unpaired) electrons. The SMILES string of the molecule is N[C@@H](Cc1cnc[nH]1)c1ncnn1C1Cc2ccccc2C1. The number of fused-ring (bicyclic) bond motifs is 1. The molecule has 3 aromatic rings. The monoisotopic (exact) mass is 294 g/mol. The second kappa shape index (κ2) is 5.38. The highest BCUT2D eigenvalue weighted by molar-refractivity contribution is 5.33. The predicted octanol–water partition coefficient (Wildman–Crippen LogP) is 1.58. The Morgan fingerprint density at radius 2 is 2.05 bits per heavy atom. The summed E-state index contributed by atoms with van der Waals surface area (Å²) in [5, 5.41) is 4.43. The van der Waals surface area contributed by atoms with Crippen molar-refractivity contribution in [2.24, 2.45) is 5.73 Å². The van der Waals surface area contributed by atoms with Gasteiger partial charge in [0.15, 0.2) is 0 Å². The van der Waals surface area contributed by atoms with Gasteiger partial charge in [-0.3, -0.25) is 0 Å². The molecule has 0 aliphatic heterocycles. The molecule has 6 heteroatoms. The molecule has 2 aromatic heterocycles. The van der Waals surface area contributed by atoms with E-state index in [4.69, 9.17) is 5.73 Å². The van der Waals surface area contributed by atoms with Crippen molar-refractivity contribution in [1.29, 1.82) is 0 Å². The molecule has 0 bridgehead atoms. The zero-order valence-corrected chi connectivity index (χ0v) is 12.2. The Morgan fingerprint density at radius 1 is 1.27 bits per heavy atom. The fraction of sp³-hybridized carbons (Fsp3) is 0.312. The van der Waals surface area contributed by atoms with Crippen LogP contribution < -0.4 is 5.73 Å². The number of aromatic amines is 1. The van der Waals surface area contributed by atoms with Gasteiger partial charge in [0.05, 0.1) is 18.4 Å². The fourth-order valence-corrected chi connectivity index (χ4v) is 3.24. The molecule has 2 heterocycles. The van der Waals surface area contributed by atoms with E-state index < -0.39 is 0 Å². The minimum Gasteiger partial charge on any atom is -0.348 e. The molecule has 1 aromatic carbocycles. The molecule has 0 saturated heterocycles. The van der Waals surface area contributed by atoms with E-state index in [0.29, 0.717) is 12.5 Å². The molecule has 0 spiro atoms. The topological polar surface area (TPSA) is 85.4 Å². The molecule has 1 atom stereocenters. The summed E-state index contributed by atoms with van der Waals surface area (Å²) in [7, 11) is 0. The number of rotatable bonds is 4. The summed E-state index contributed by atoms with van der Waals surface area (Å²) >= 11 is 0. The van der Waals surface area contributed by atoms with E-state index in [1.165, 1.54) is 11.1 Å². The van der Waals surface area contributed by atoms with E-state index in [0.717, 1.165) is 24.4 Å². The Kier molecular flexibility index (Phi) is 3.23. The quantitative estimate of drug-likeness (QED) is 0.765. The lowest BCUT2D eigenvalue weighted by molar-refractivity contribution is 0.436. The summed E-state index contributed by atoms with van der Waals surface area (Å²) in [5.41, 5.74) is 10.1. The molecule has 112 valence electrons. The maximum absolute atomic E-state index is 6.33. The van der Waals surface area contributed by atoms with E-state index >= 15 is 0 Å². The van der Waals surface area contributed by atoms with Gasteiger partial charge in [-0.05, 0) is 24.0 Å². The normalized spacial score (nSPS) is 15.9. The molecule has 0 unspecified atom stereocenters. The van der Waals surface area contributed by atoms with Gasteiger partial charge in [-0.1, -0.05) is 24.3 Å². The molecule has 22 heavy (non-hydrogen) atoms. The van der Waals surface area contributed by atoms with Gasteiger partial charge in [0.1, 0.15) is 12.2 Å². The first-order chi connectivity index (χ1) is 10.8. The highest BCUT2D eigenvalue weighted by atomic mass is 15.4. The summed E-state index contributed by atoms with van der Waals surface area (Å²) in [4.78, 5) is 11.5. The number of hydrogen-bond acceptors (Lipinski definition) is 4. The van der Waals surface area contributed by atoms with Crippen LogP contribution in [0, 0.1) is 0 Å². The molecule has 1 aliphatic rings. The van der Waals surface area contributed by atoms with E-state index in [2.05, 4.69) is 44.3 Å². The predicted molar refractivity (Wildman–Crippen MR) is 82.1 cm³/mol. The first kappa shape index (κ1) is 13.2. The molecule has 0 saturated carbocycles. The average molecular weight is 294 g/mol. The van der Waals surface area contributed by atoms with Crippen molar-refractivity contribution in [1.82, 2.24) is 24.7 Å². The number of imidazole rings is 1. The van der Waals surface area contributed by atoms with Crippen LogP contribution in [0.15, 0.2) is 43.1 Å². The van der Waals surface area contributed by atoms with Gasteiger partial charge in [0.2, 0.25) is 0 Å². The van der Waals surface area contributed by atoms with Crippen molar-refractivity contribution in [2.75, 3.05) is 0 Å². The lowest BCUT2D eigenvalue weighted by Crippen LogP contribution is -2.23. The average Bonchev–Trinajstić information content (AvgIpc) is 3.26. The molecule has 6 nitrogen and oxygen atoms in total. The lowest BCUT2D eigenvalue weighted by Gasteiger charge is -2.16. The smallest absolute Gasteiger partial charge is 0.144 e. The Balaban J connectivity index is 1.56. The van der Waals surface area contributed by atoms with Crippen LogP contribution in [0.5, 0.6) is 0 Å². The van der Waals surface area contributed by atoms with Crippen LogP contribution in [0.3, 0.4) is 0 Å². The Labute approximate surface area is 128 Å². The van der Waals surface area contributed by atoms with E-state index in [1.807, 2.05) is 4.68 Å². The molecular formula is C16H18N6. The zero-order chi connectivity index (χ0) is 14.9. The second-order valence-electron chi connectivity index (χ2n) is 5.78. The van der Waals surface area contributed by atoms with Crippen LogP contribution in [0.4, 0.5) is 0 Å². The van der Waals surface area contributed by atoms with Crippen molar-refractivity contribution in [2.45, 2.75) is 31.3 Å². The van der Waals surface area contributed by atoms with Gasteiger partial charge in [0.25, 0.3) is 0 Å². The van der Waals surface area contributed by atoms with E-state index in [1.54, 1.807) is 18.9 Å². The summed E-state index contributed by atoms with van der Waals surface area (Å²) < 4.78 is 2.00. The van der Waals surface area contributed by atoms with Gasteiger partial charge >= 0.3 is 0 Å². The van der Waals surface area contributed by atoms with Crippen molar-refractivity contribution < 1.29 is 0 Å². The Hall–Kier alpha value is -2.47. The van der Waals surface area contributed by atoms with Gasteiger partial charge in [-0.2, -0.15) is 5.10 Å². The van der Waals surface area contributed by atoms with Crippen molar-refractivity contribution >= 4 is 0 Å². The molecule has 4 rings (SSSR count). The highest BCUT2D eigenvalue weighted by Gasteiger charge is 2.26. The van der Waals surface area contributed by atoms with Crippen molar-refractivity contribution in [3.63, 3.8) is 0 Å². The summed E-state index contributed by atoms with van der Waals surface area (Å²) in [5.74, 6) is 0.840. The number of H-pyrrole nitrogens is 1. The van der Waals surface area contributed by atoms with Crippen LogP contribution in [-0.4, -0.2) is 24.7 Å². The van der Waals surface area contributed by atoms with Crippen LogP contribution in [0.25, 0.3) is 0 Å². The van der Waals surface area contributed by atoms with Crippen molar-refractivity contribution in [3.05, 3.63) is 65.8 Å². The Morgan fingerprint density at radius 3 is 2.73 bits per heavy atom. The minimum absolute atomic E-state index is 0.188. The molecule has 0 fully saturated rings. The Bertz CT molecular complexity index is 736. The van der Waals surface area contributed by atoms with Gasteiger partial charge in [-0.15, -0.1) is 0 Å². The maximum Gasteiger partial charge on any atom is 0.144 e. The summed E-state index contributed by atoms with van der Waals surface area (Å²) in [6, 6.07) is 8.68. The molecular weight excluding hydrogens is 276 g/mol. The third-order valence-corrected chi connectivity index (χ3v) is 4.30. The minimum atomic E-state index is -0.188. The number of nitrogens with two attached hydrogens (primary N) is 1. The number of nitrogens with zero attached hydrogens (tertiary/aromatic N) is 4. The van der Waals surface area contributed by atoms with Crippen LogP contribution in [0.1, 0.15) is 34.7 Å². The van der Waals surface area contributed by atoms with Crippen LogP contribution >= 0.6 is 0 Å². The van der Waals surface area contributed by atoms with Crippen LogP contribution in [-0.2, 0) is 19.3 Å². The second-order valence-corrected chi connectivity index (χ2v) is 5.78. The van der Waals surface area contributed by atoms with Gasteiger partial charge in [-0.25, -0.2) is 14.6 Å². The van der Waals surface area contributed by atoms with Crippen LogP contribution in [0.2, 0.25) is 0 Å². The largest absolute Gasteiger partial charge is 0.348 e. The number of nitrogens with one attached hydrogen (secondary N) is 1. The third kappa shape index (κ3) is 2.31. The number of aromatic nitrogens is 5. The molecule has 1 aliphatic carbocycles. The standard InChI is InChI=1S/C16H18N6/c17-15(7-13-8-18-9-19-13)16-20-10-21-22(16)14-5-11-3-1-2-4-12(11)6-14/h1-4,8-10,14-15H,5-7,17H2,(H,18,19)/t15-/m0/s1. The maximum atomic E-state index is 6.33. The lowest BCUT2D eigenvalue weighted by atomic mass is 10.1. The fourth-order valence-electron chi connectivity index (χ4n) is 3.24. The third-order valence-electron chi connectivity index (χ3n) is 4.30. The first-order valence-corrected chi connectivity index (χ1v) is 7.50. The number of hydrogen-bond donors (Lipinski definition) is 2. The van der Waals surface area contributed by atoms with E-state index in [-0.39, 0.29) is 6.04 Å². The highest BCUT2D eigenvalue weighted by Crippen LogP contribution is 2.31. The van der Waals surface area contributed by atoms with Crippen molar-refractivity contribution in [3.8, 4) is 0 Å². The summed E-state index contributed by atoms with van der Waals surface area (Å²) in [6.45, 7) is 0. The number of benzene rings is 1.